The van der Waals surface area contributed by atoms with E-state index in [-0.39, 0.29) is 0 Å². The van der Waals surface area contributed by atoms with Crippen molar-refractivity contribution in [3.8, 4) is 0 Å². The average Bonchev–Trinajstić information content (AvgIpc) is 2.23. The van der Waals surface area contributed by atoms with Crippen LogP contribution in [0.3, 0.4) is 0 Å². The second-order valence-electron chi connectivity index (χ2n) is 4.31. The van der Waals surface area contributed by atoms with E-state index in [9.17, 15) is 0 Å². The van der Waals surface area contributed by atoms with Gasteiger partial charge in [0.05, 0.1) is 0 Å². The Morgan fingerprint density at radius 2 is 2.00 bits per heavy atom. The second-order valence-corrected chi connectivity index (χ2v) is 4.31. The van der Waals surface area contributed by atoms with E-state index >= 15 is 0 Å². The van der Waals surface area contributed by atoms with E-state index in [1.165, 1.54) is 24.8 Å². The molecule has 0 aliphatic heterocycles. The molecule has 0 radical (unpaired) electrons. The molecule has 0 fully saturated rings. The molecule has 0 spiro atoms. The molecule has 0 aromatic heterocycles. The van der Waals surface area contributed by atoms with Crippen LogP contribution < -0.4 is 0 Å². The molecular formula is C14H18. The van der Waals surface area contributed by atoms with E-state index in [0.29, 0.717) is 0 Å². The third-order valence-electron chi connectivity index (χ3n) is 3.23. The van der Waals surface area contributed by atoms with Crippen molar-refractivity contribution in [1.82, 2.24) is 0 Å². The summed E-state index contributed by atoms with van der Waals surface area (Å²) in [5.74, 6) is 1.60. The molecular weight excluding hydrogens is 168 g/mol. The molecule has 2 atom stereocenters. The SMILES string of the molecule is CC1C=CCCC1Cc1ccccc1. The standard InChI is InChI=1S/C14H18/c1-12-7-5-6-10-14(12)11-13-8-3-2-4-9-13/h2-5,7-9,12,14H,6,10-11H2,1H3. The molecule has 0 N–H and O–H groups in total. The molecule has 2 rings (SSSR count). The number of hydrogen-bond acceptors (Lipinski definition) is 0. The first-order chi connectivity index (χ1) is 6.86. The van der Waals surface area contributed by atoms with Crippen molar-refractivity contribution in [3.63, 3.8) is 0 Å². The fourth-order valence-corrected chi connectivity index (χ4v) is 2.25. The first-order valence-corrected chi connectivity index (χ1v) is 5.57. The largest absolute Gasteiger partial charge is 0.0882 e. The summed E-state index contributed by atoms with van der Waals surface area (Å²) in [6.07, 6.45) is 8.56. The maximum atomic E-state index is 2.37. The molecule has 0 saturated carbocycles. The Labute approximate surface area is 86.7 Å². The van der Waals surface area contributed by atoms with E-state index in [2.05, 4.69) is 49.4 Å². The normalized spacial score (nSPS) is 26.4. The first kappa shape index (κ1) is 9.51. The quantitative estimate of drug-likeness (QED) is 0.616. The summed E-state index contributed by atoms with van der Waals surface area (Å²) < 4.78 is 0. The van der Waals surface area contributed by atoms with E-state index in [4.69, 9.17) is 0 Å². The number of allylic oxidation sites excluding steroid dienone is 2. The van der Waals surface area contributed by atoms with Crippen LogP contribution >= 0.6 is 0 Å². The van der Waals surface area contributed by atoms with Crippen molar-refractivity contribution in [2.75, 3.05) is 0 Å². The number of hydrogen-bond donors (Lipinski definition) is 0. The summed E-state index contributed by atoms with van der Waals surface area (Å²) in [4.78, 5) is 0. The molecule has 2 unspecified atom stereocenters. The highest BCUT2D eigenvalue weighted by Gasteiger charge is 2.17. The van der Waals surface area contributed by atoms with Crippen molar-refractivity contribution < 1.29 is 0 Å². The number of benzene rings is 1. The van der Waals surface area contributed by atoms with Crippen LogP contribution in [-0.4, -0.2) is 0 Å². The van der Waals surface area contributed by atoms with Crippen molar-refractivity contribution in [2.24, 2.45) is 11.8 Å². The van der Waals surface area contributed by atoms with E-state index in [1.807, 2.05) is 0 Å². The molecule has 1 aliphatic carbocycles. The van der Waals surface area contributed by atoms with Gasteiger partial charge >= 0.3 is 0 Å². The summed E-state index contributed by atoms with van der Waals surface area (Å²) in [6, 6.07) is 10.8. The van der Waals surface area contributed by atoms with Crippen LogP contribution in [0.4, 0.5) is 0 Å². The Kier molecular flexibility index (Phi) is 3.03. The van der Waals surface area contributed by atoms with Crippen LogP contribution in [0.2, 0.25) is 0 Å². The van der Waals surface area contributed by atoms with Gasteiger partial charge in [-0.15, -0.1) is 0 Å². The average molecular weight is 186 g/mol. The molecule has 1 aliphatic rings. The van der Waals surface area contributed by atoms with Gasteiger partial charge in [0.25, 0.3) is 0 Å². The zero-order valence-corrected chi connectivity index (χ0v) is 8.82. The summed E-state index contributed by atoms with van der Waals surface area (Å²) in [7, 11) is 0. The van der Waals surface area contributed by atoms with Crippen LogP contribution in [-0.2, 0) is 6.42 Å². The highest BCUT2D eigenvalue weighted by atomic mass is 14.2. The lowest BCUT2D eigenvalue weighted by Crippen LogP contribution is -2.15. The van der Waals surface area contributed by atoms with Crippen molar-refractivity contribution in [3.05, 3.63) is 48.0 Å². The van der Waals surface area contributed by atoms with Gasteiger partial charge in [-0.2, -0.15) is 0 Å². The summed E-state index contributed by atoms with van der Waals surface area (Å²) >= 11 is 0. The van der Waals surface area contributed by atoms with Gasteiger partial charge in [0.15, 0.2) is 0 Å². The van der Waals surface area contributed by atoms with Gasteiger partial charge in [-0.3, -0.25) is 0 Å². The highest BCUT2D eigenvalue weighted by Crippen LogP contribution is 2.27. The minimum Gasteiger partial charge on any atom is -0.0882 e. The van der Waals surface area contributed by atoms with Crippen LogP contribution in [0.1, 0.15) is 25.3 Å². The Hall–Kier alpha value is -1.04. The molecule has 0 heterocycles. The van der Waals surface area contributed by atoms with Gasteiger partial charge in [0.2, 0.25) is 0 Å². The zero-order valence-electron chi connectivity index (χ0n) is 8.82. The van der Waals surface area contributed by atoms with Crippen molar-refractivity contribution >= 4 is 0 Å². The predicted molar refractivity (Wildman–Crippen MR) is 61.2 cm³/mol. The van der Waals surface area contributed by atoms with Crippen molar-refractivity contribution in [2.45, 2.75) is 26.2 Å². The van der Waals surface area contributed by atoms with Crippen LogP contribution in [0.15, 0.2) is 42.5 Å². The fourth-order valence-electron chi connectivity index (χ4n) is 2.25. The van der Waals surface area contributed by atoms with E-state index in [1.54, 1.807) is 0 Å². The maximum absolute atomic E-state index is 2.37. The molecule has 0 saturated heterocycles. The Balaban J connectivity index is 2.01. The lowest BCUT2D eigenvalue weighted by atomic mass is 9.81. The smallest absolute Gasteiger partial charge is 0.0230 e. The topological polar surface area (TPSA) is 0 Å². The van der Waals surface area contributed by atoms with E-state index in [0.717, 1.165) is 11.8 Å². The predicted octanol–water partition coefficient (Wildman–Crippen LogP) is 3.83. The molecule has 0 nitrogen and oxygen atoms in total. The highest BCUT2D eigenvalue weighted by molar-refractivity contribution is 5.16. The minimum atomic E-state index is 0.754. The Bertz CT molecular complexity index is 297. The minimum absolute atomic E-state index is 0.754. The Morgan fingerprint density at radius 1 is 1.21 bits per heavy atom. The van der Waals surface area contributed by atoms with Crippen LogP contribution in [0.25, 0.3) is 0 Å². The maximum Gasteiger partial charge on any atom is -0.0230 e. The zero-order chi connectivity index (χ0) is 9.80. The summed E-state index contributed by atoms with van der Waals surface area (Å²) in [6.45, 7) is 2.34. The van der Waals surface area contributed by atoms with Crippen molar-refractivity contribution in [1.29, 1.82) is 0 Å². The first-order valence-electron chi connectivity index (χ1n) is 5.57. The third-order valence-corrected chi connectivity index (χ3v) is 3.23. The van der Waals surface area contributed by atoms with Gasteiger partial charge in [0.1, 0.15) is 0 Å². The van der Waals surface area contributed by atoms with Gasteiger partial charge in [-0.25, -0.2) is 0 Å². The lowest BCUT2D eigenvalue weighted by molar-refractivity contribution is 0.376. The molecule has 14 heavy (non-hydrogen) atoms. The lowest BCUT2D eigenvalue weighted by Gasteiger charge is -2.24. The Morgan fingerprint density at radius 3 is 2.71 bits per heavy atom. The van der Waals surface area contributed by atoms with Crippen LogP contribution in [0.5, 0.6) is 0 Å². The summed E-state index contributed by atoms with van der Waals surface area (Å²) in [5.41, 5.74) is 1.49. The number of rotatable bonds is 2. The van der Waals surface area contributed by atoms with Gasteiger partial charge in [-0.05, 0) is 36.7 Å². The fraction of sp³-hybridized carbons (Fsp3) is 0.429. The molecule has 1 aromatic carbocycles. The van der Waals surface area contributed by atoms with Gasteiger partial charge < -0.3 is 0 Å². The van der Waals surface area contributed by atoms with E-state index < -0.39 is 0 Å². The molecule has 0 bridgehead atoms. The third kappa shape index (κ3) is 2.25. The molecule has 0 heteroatoms. The second kappa shape index (κ2) is 4.45. The van der Waals surface area contributed by atoms with Gasteiger partial charge in [-0.1, -0.05) is 49.4 Å². The monoisotopic (exact) mass is 186 g/mol. The van der Waals surface area contributed by atoms with Gasteiger partial charge in [0, 0.05) is 0 Å². The molecule has 1 aromatic rings. The molecule has 74 valence electrons. The molecule has 0 amide bonds. The summed E-state index contributed by atoms with van der Waals surface area (Å²) in [5, 5.41) is 0. The van der Waals surface area contributed by atoms with Crippen LogP contribution in [0, 0.1) is 11.8 Å².